The molecule has 2 rings (SSSR count). The maximum atomic E-state index is 10.9. The number of fused-ring (bicyclic) bond motifs is 1. The number of hydrogen-bond acceptors (Lipinski definition) is 6. The van der Waals surface area contributed by atoms with Crippen molar-refractivity contribution in [3.05, 3.63) is 34.6 Å². The Balaban J connectivity index is 2.43. The van der Waals surface area contributed by atoms with Crippen LogP contribution in [0.25, 0.3) is 10.9 Å². The largest absolute Gasteiger partial charge is 0.368 e. The third-order valence-corrected chi connectivity index (χ3v) is 2.51. The summed E-state index contributed by atoms with van der Waals surface area (Å²) >= 11 is 0. The van der Waals surface area contributed by atoms with E-state index < -0.39 is 4.92 Å². The predicted molar refractivity (Wildman–Crippen MR) is 68.6 cm³/mol. The van der Waals surface area contributed by atoms with Crippen molar-refractivity contribution in [2.75, 3.05) is 25.5 Å². The van der Waals surface area contributed by atoms with Gasteiger partial charge in [0.15, 0.2) is 5.52 Å². The highest BCUT2D eigenvalue weighted by Crippen LogP contribution is 2.26. The van der Waals surface area contributed by atoms with Crippen LogP contribution >= 0.6 is 0 Å². The van der Waals surface area contributed by atoms with Crippen LogP contribution in [0.3, 0.4) is 0 Å². The smallest absolute Gasteiger partial charge is 0.295 e. The van der Waals surface area contributed by atoms with E-state index in [0.29, 0.717) is 23.3 Å². The van der Waals surface area contributed by atoms with E-state index in [1.807, 2.05) is 7.05 Å². The Labute approximate surface area is 103 Å². The van der Waals surface area contributed by atoms with E-state index in [9.17, 15) is 10.1 Å². The van der Waals surface area contributed by atoms with Crippen molar-refractivity contribution in [1.29, 1.82) is 0 Å². The van der Waals surface area contributed by atoms with Gasteiger partial charge in [-0.25, -0.2) is 9.97 Å². The van der Waals surface area contributed by atoms with Crippen molar-refractivity contribution in [2.45, 2.75) is 0 Å². The van der Waals surface area contributed by atoms with Gasteiger partial charge in [-0.1, -0.05) is 6.07 Å². The average Bonchev–Trinajstić information content (AvgIpc) is 2.38. The molecule has 1 aromatic carbocycles. The van der Waals surface area contributed by atoms with Gasteiger partial charge in [-0.05, 0) is 13.1 Å². The number of para-hydroxylation sites is 1. The lowest BCUT2D eigenvalue weighted by Crippen LogP contribution is -2.18. The molecule has 0 radical (unpaired) electrons. The summed E-state index contributed by atoms with van der Waals surface area (Å²) in [4.78, 5) is 18.6. The summed E-state index contributed by atoms with van der Waals surface area (Å²) in [6.45, 7) is 1.46. The monoisotopic (exact) mass is 247 g/mol. The number of hydrogen-bond donors (Lipinski definition) is 2. The fourth-order valence-electron chi connectivity index (χ4n) is 1.67. The van der Waals surface area contributed by atoms with E-state index in [4.69, 9.17) is 0 Å². The van der Waals surface area contributed by atoms with E-state index >= 15 is 0 Å². The maximum Gasteiger partial charge on any atom is 0.295 e. The zero-order valence-corrected chi connectivity index (χ0v) is 9.88. The second-order valence-corrected chi connectivity index (χ2v) is 3.68. The molecule has 2 N–H and O–H groups in total. The van der Waals surface area contributed by atoms with Gasteiger partial charge in [-0.15, -0.1) is 0 Å². The zero-order valence-electron chi connectivity index (χ0n) is 9.88. The highest BCUT2D eigenvalue weighted by atomic mass is 16.6. The van der Waals surface area contributed by atoms with Gasteiger partial charge in [0.05, 0.1) is 4.92 Å². The van der Waals surface area contributed by atoms with E-state index in [1.54, 1.807) is 12.1 Å². The lowest BCUT2D eigenvalue weighted by Gasteiger charge is -2.07. The normalized spacial score (nSPS) is 10.5. The van der Waals surface area contributed by atoms with Crippen LogP contribution in [-0.2, 0) is 0 Å². The van der Waals surface area contributed by atoms with Crippen LogP contribution in [0.4, 0.5) is 11.5 Å². The Hall–Kier alpha value is -2.28. The van der Waals surface area contributed by atoms with Crippen LogP contribution in [0.1, 0.15) is 0 Å². The standard InChI is InChI=1S/C11H13N5O2/c1-12-5-6-13-11-8-3-2-4-9(16(17)18)10(8)14-7-15-11/h2-4,7,12H,5-6H2,1H3,(H,13,14,15). The van der Waals surface area contributed by atoms with E-state index in [0.717, 1.165) is 6.54 Å². The predicted octanol–water partition coefficient (Wildman–Crippen LogP) is 1.17. The molecular formula is C11H13N5O2. The van der Waals surface area contributed by atoms with Gasteiger partial charge < -0.3 is 10.6 Å². The molecule has 0 unspecified atom stereocenters. The van der Waals surface area contributed by atoms with Crippen LogP contribution in [0.15, 0.2) is 24.5 Å². The summed E-state index contributed by atoms with van der Waals surface area (Å²) < 4.78 is 0. The summed E-state index contributed by atoms with van der Waals surface area (Å²) in [6, 6.07) is 4.84. The molecule has 7 heteroatoms. The van der Waals surface area contributed by atoms with Crippen molar-refractivity contribution < 1.29 is 4.92 Å². The van der Waals surface area contributed by atoms with Gasteiger partial charge in [0.1, 0.15) is 12.1 Å². The fraction of sp³-hybridized carbons (Fsp3) is 0.273. The number of nitrogens with one attached hydrogen (secondary N) is 2. The number of nitrogens with zero attached hydrogens (tertiary/aromatic N) is 3. The van der Waals surface area contributed by atoms with Crippen LogP contribution in [-0.4, -0.2) is 35.0 Å². The molecule has 0 saturated carbocycles. The number of benzene rings is 1. The van der Waals surface area contributed by atoms with Crippen molar-refractivity contribution in [3.8, 4) is 0 Å². The highest BCUT2D eigenvalue weighted by Gasteiger charge is 2.14. The quantitative estimate of drug-likeness (QED) is 0.468. The maximum absolute atomic E-state index is 10.9. The van der Waals surface area contributed by atoms with Gasteiger partial charge in [-0.3, -0.25) is 10.1 Å². The minimum atomic E-state index is -0.438. The van der Waals surface area contributed by atoms with E-state index in [-0.39, 0.29) is 5.69 Å². The molecular weight excluding hydrogens is 234 g/mol. The first kappa shape index (κ1) is 12.2. The lowest BCUT2D eigenvalue weighted by atomic mass is 10.2. The minimum absolute atomic E-state index is 0.00781. The molecule has 1 aromatic heterocycles. The van der Waals surface area contributed by atoms with Crippen LogP contribution in [0, 0.1) is 10.1 Å². The fourth-order valence-corrected chi connectivity index (χ4v) is 1.67. The molecule has 7 nitrogen and oxygen atoms in total. The van der Waals surface area contributed by atoms with Crippen LogP contribution in [0.2, 0.25) is 0 Å². The topological polar surface area (TPSA) is 93.0 Å². The lowest BCUT2D eigenvalue weighted by molar-refractivity contribution is -0.383. The molecule has 0 bridgehead atoms. The number of aromatic nitrogens is 2. The van der Waals surface area contributed by atoms with E-state index in [2.05, 4.69) is 20.6 Å². The van der Waals surface area contributed by atoms with Gasteiger partial charge in [-0.2, -0.15) is 0 Å². The third kappa shape index (κ3) is 2.35. The average molecular weight is 247 g/mol. The van der Waals surface area contributed by atoms with Gasteiger partial charge in [0, 0.05) is 24.5 Å². The first-order chi connectivity index (χ1) is 8.74. The van der Waals surface area contributed by atoms with Crippen molar-refractivity contribution in [3.63, 3.8) is 0 Å². The molecule has 18 heavy (non-hydrogen) atoms. The summed E-state index contributed by atoms with van der Waals surface area (Å²) in [5.74, 6) is 0.610. The Morgan fingerprint density at radius 1 is 1.33 bits per heavy atom. The highest BCUT2D eigenvalue weighted by molar-refractivity contribution is 5.94. The molecule has 0 spiro atoms. The first-order valence-corrected chi connectivity index (χ1v) is 5.50. The summed E-state index contributed by atoms with van der Waals surface area (Å²) in [5.41, 5.74) is 0.344. The molecule has 0 amide bonds. The number of non-ortho nitro benzene ring substituents is 1. The Bertz CT molecular complexity index is 572. The molecule has 0 aliphatic carbocycles. The molecule has 1 heterocycles. The van der Waals surface area contributed by atoms with Crippen molar-refractivity contribution in [2.24, 2.45) is 0 Å². The number of nitro benzene ring substituents is 1. The van der Waals surface area contributed by atoms with Crippen LogP contribution < -0.4 is 10.6 Å². The Morgan fingerprint density at radius 2 is 2.17 bits per heavy atom. The summed E-state index contributed by atoms with van der Waals surface area (Å²) in [6.07, 6.45) is 1.33. The number of nitro groups is 1. The summed E-state index contributed by atoms with van der Waals surface area (Å²) in [7, 11) is 1.85. The van der Waals surface area contributed by atoms with Crippen molar-refractivity contribution >= 4 is 22.4 Å². The SMILES string of the molecule is CNCCNc1ncnc2c([N+](=O)[O-])cccc12. The second-order valence-electron chi connectivity index (χ2n) is 3.68. The van der Waals surface area contributed by atoms with E-state index in [1.165, 1.54) is 12.4 Å². The van der Waals surface area contributed by atoms with Crippen molar-refractivity contribution in [1.82, 2.24) is 15.3 Å². The van der Waals surface area contributed by atoms with Gasteiger partial charge in [0.2, 0.25) is 0 Å². The Morgan fingerprint density at radius 3 is 2.89 bits per heavy atom. The minimum Gasteiger partial charge on any atom is -0.368 e. The summed E-state index contributed by atoms with van der Waals surface area (Å²) in [5, 5.41) is 17.7. The second kappa shape index (κ2) is 5.37. The number of anilines is 1. The van der Waals surface area contributed by atoms with Gasteiger partial charge in [0.25, 0.3) is 5.69 Å². The third-order valence-electron chi connectivity index (χ3n) is 2.51. The molecule has 94 valence electrons. The number of rotatable bonds is 5. The molecule has 0 atom stereocenters. The zero-order chi connectivity index (χ0) is 13.0. The molecule has 0 aliphatic heterocycles. The molecule has 0 fully saturated rings. The Kier molecular flexibility index (Phi) is 3.63. The first-order valence-electron chi connectivity index (χ1n) is 5.50. The molecule has 2 aromatic rings. The molecule has 0 aliphatic rings. The number of likely N-dealkylation sites (N-methyl/N-ethyl adjacent to an activating group) is 1. The van der Waals surface area contributed by atoms with Gasteiger partial charge >= 0.3 is 0 Å². The molecule has 0 saturated heterocycles. The van der Waals surface area contributed by atoms with Crippen LogP contribution in [0.5, 0.6) is 0 Å².